The van der Waals surface area contributed by atoms with E-state index in [-0.39, 0.29) is 0 Å². The maximum Gasteiger partial charge on any atom is 0.244 e. The van der Waals surface area contributed by atoms with Gasteiger partial charge in [0, 0.05) is 34.2 Å². The van der Waals surface area contributed by atoms with Gasteiger partial charge in [0.2, 0.25) is 6.33 Å². The van der Waals surface area contributed by atoms with Gasteiger partial charge in [0.1, 0.15) is 28.8 Å². The molecule has 3 aromatic heterocycles. The second-order valence-electron chi connectivity index (χ2n) is 16.1. The second-order valence-corrected chi connectivity index (χ2v) is 16.1. The molecule has 13 rings (SSSR count). The van der Waals surface area contributed by atoms with E-state index in [9.17, 15) is 0 Å². The Morgan fingerprint density at radius 3 is 1.94 bits per heavy atom. The molecule has 292 valence electrons. The van der Waals surface area contributed by atoms with Crippen molar-refractivity contribution in [2.45, 2.75) is 5.41 Å². The van der Waals surface area contributed by atoms with Crippen molar-refractivity contribution in [1.82, 2.24) is 14.1 Å². The highest BCUT2D eigenvalue weighted by Crippen LogP contribution is 2.63. The fourth-order valence-electron chi connectivity index (χ4n) is 10.4. The summed E-state index contributed by atoms with van der Waals surface area (Å²) in [6.45, 7) is 0. The van der Waals surface area contributed by atoms with Crippen LogP contribution >= 0.6 is 0 Å². The van der Waals surface area contributed by atoms with E-state index in [1.165, 1.54) is 10.9 Å². The number of benzene rings is 8. The summed E-state index contributed by atoms with van der Waals surface area (Å²) < 4.78 is 20.6. The molecule has 0 saturated heterocycles. The molecule has 8 aromatic carbocycles. The van der Waals surface area contributed by atoms with E-state index in [2.05, 4.69) is 203 Å². The van der Waals surface area contributed by atoms with Gasteiger partial charge in [-0.1, -0.05) is 133 Å². The molecule has 0 aliphatic carbocycles. The number of imidazole rings is 1. The summed E-state index contributed by atoms with van der Waals surface area (Å²) in [6.07, 6.45) is 5.54. The number of aromatic nitrogens is 4. The molecule has 6 heteroatoms. The molecule has 1 spiro atoms. The van der Waals surface area contributed by atoms with Gasteiger partial charge in [-0.15, -0.1) is 0 Å². The first-order valence-electron chi connectivity index (χ1n) is 20.9. The Hall–Kier alpha value is -8.22. The Kier molecular flexibility index (Phi) is 7.34. The van der Waals surface area contributed by atoms with Crippen molar-refractivity contribution in [3.8, 4) is 56.8 Å². The zero-order valence-electron chi connectivity index (χ0n) is 33.7. The minimum atomic E-state index is -0.827. The van der Waals surface area contributed by atoms with Gasteiger partial charge in [0.25, 0.3) is 0 Å². The number of nitrogens with zero attached hydrogens (tertiary/aromatic N) is 4. The first-order valence-corrected chi connectivity index (χ1v) is 20.9. The summed E-state index contributed by atoms with van der Waals surface area (Å²) in [5.74, 6) is 3.97. The van der Waals surface area contributed by atoms with Gasteiger partial charge in [0.05, 0.1) is 40.2 Å². The molecule has 62 heavy (non-hydrogen) atoms. The fourth-order valence-corrected chi connectivity index (χ4v) is 10.4. The lowest BCUT2D eigenvalue weighted by atomic mass is 9.59. The summed E-state index contributed by atoms with van der Waals surface area (Å²) in [5, 5.41) is 2.30. The van der Waals surface area contributed by atoms with Gasteiger partial charge in [-0.05, 0) is 88.0 Å². The lowest BCUT2D eigenvalue weighted by Crippen LogP contribution is -2.39. The minimum Gasteiger partial charge on any atom is -0.458 e. The third-order valence-corrected chi connectivity index (χ3v) is 12.8. The van der Waals surface area contributed by atoms with Crippen LogP contribution in [0.25, 0.3) is 66.6 Å². The molecule has 2 aliphatic rings. The normalized spacial score (nSPS) is 13.2. The number of hydrogen-bond acceptors (Lipinski definition) is 3. The molecule has 0 bridgehead atoms. The number of rotatable bonds is 5. The molecule has 0 unspecified atom stereocenters. The molecule has 6 nitrogen and oxygen atoms in total. The highest BCUT2D eigenvalue weighted by atomic mass is 16.5. The third kappa shape index (κ3) is 4.80. The second kappa shape index (κ2) is 13.1. The molecule has 11 aromatic rings. The van der Waals surface area contributed by atoms with Crippen LogP contribution in [0.4, 0.5) is 0 Å². The lowest BCUT2D eigenvalue weighted by Gasteiger charge is -2.47. The van der Waals surface area contributed by atoms with Crippen LogP contribution in [0.5, 0.6) is 23.0 Å². The summed E-state index contributed by atoms with van der Waals surface area (Å²) in [6, 6.07) is 68.5. The number of para-hydroxylation sites is 2. The van der Waals surface area contributed by atoms with Crippen molar-refractivity contribution in [3.05, 3.63) is 229 Å². The predicted molar refractivity (Wildman–Crippen MR) is 245 cm³/mol. The molecule has 0 atom stereocenters. The van der Waals surface area contributed by atoms with Gasteiger partial charge in [-0.2, -0.15) is 0 Å². The van der Waals surface area contributed by atoms with Gasteiger partial charge < -0.3 is 18.6 Å². The molecule has 0 saturated carbocycles. The van der Waals surface area contributed by atoms with Gasteiger partial charge in [-0.25, -0.2) is 4.98 Å². The molecular formula is C56H36N4O2. The minimum absolute atomic E-state index is 0.719. The SMILES string of the molecule is C[n+]1[c-]n2c3c(cccc31)C1(c3ccc(Oc4ccc5c6ccccc6n(-c6ccccn6)c5c4)cc3-2)c2c(cccc2-c2ccccc2)Oc2cccc(-c3ccccc3)c21. The Balaban J connectivity index is 1.09. The standard InChI is InChI=1S/C56H36N4O2/c1-58-35-59-49-34-39(61-38-28-30-43-42-19-8-9-23-46(42)60(48(43)33-38)52-27-10-11-32-57-52)29-31-44(49)56(45-22-14-24-47(58)55(45)59)53-40(36-15-4-2-5-16-36)20-12-25-50(53)62-51-26-13-21-41(54(51)56)37-17-6-3-7-18-37/h2-34H,1H3. The van der Waals surface area contributed by atoms with Crippen molar-refractivity contribution in [3.63, 3.8) is 0 Å². The lowest BCUT2D eigenvalue weighted by molar-refractivity contribution is -0.649. The molecule has 0 radical (unpaired) electrons. The first kappa shape index (κ1) is 34.6. The first-order chi connectivity index (χ1) is 30.7. The summed E-state index contributed by atoms with van der Waals surface area (Å²) >= 11 is 0. The quantitative estimate of drug-likeness (QED) is 0.129. The van der Waals surface area contributed by atoms with E-state index >= 15 is 0 Å². The Bertz CT molecular complexity index is 3500. The van der Waals surface area contributed by atoms with E-state index in [1.807, 2.05) is 24.4 Å². The van der Waals surface area contributed by atoms with Crippen LogP contribution in [0.3, 0.4) is 0 Å². The van der Waals surface area contributed by atoms with Crippen molar-refractivity contribution < 1.29 is 14.0 Å². The number of aryl methyl sites for hydroxylation is 1. The van der Waals surface area contributed by atoms with Crippen LogP contribution in [-0.2, 0) is 12.5 Å². The van der Waals surface area contributed by atoms with Crippen LogP contribution in [0.15, 0.2) is 200 Å². The summed E-state index contributed by atoms with van der Waals surface area (Å²) in [5.41, 5.74) is 13.4. The van der Waals surface area contributed by atoms with Gasteiger partial charge in [0.15, 0.2) is 0 Å². The molecule has 5 heterocycles. The Morgan fingerprint density at radius 2 is 1.21 bits per heavy atom. The van der Waals surface area contributed by atoms with Crippen LogP contribution in [0.1, 0.15) is 22.3 Å². The van der Waals surface area contributed by atoms with Crippen LogP contribution < -0.4 is 14.0 Å². The Morgan fingerprint density at radius 1 is 0.565 bits per heavy atom. The molecule has 0 amide bonds. The number of pyridine rings is 1. The average molecular weight is 797 g/mol. The van der Waals surface area contributed by atoms with Crippen molar-refractivity contribution >= 4 is 32.8 Å². The zero-order valence-corrected chi connectivity index (χ0v) is 33.7. The van der Waals surface area contributed by atoms with E-state index in [0.717, 1.165) is 101 Å². The van der Waals surface area contributed by atoms with E-state index < -0.39 is 5.41 Å². The smallest absolute Gasteiger partial charge is 0.244 e. The van der Waals surface area contributed by atoms with E-state index in [1.54, 1.807) is 0 Å². The van der Waals surface area contributed by atoms with Crippen LogP contribution in [0, 0.1) is 6.33 Å². The van der Waals surface area contributed by atoms with Crippen molar-refractivity contribution in [2.24, 2.45) is 7.05 Å². The molecule has 2 aliphatic heterocycles. The molecule has 0 fully saturated rings. The van der Waals surface area contributed by atoms with E-state index in [0.29, 0.717) is 0 Å². The highest BCUT2D eigenvalue weighted by Gasteiger charge is 2.52. The third-order valence-electron chi connectivity index (χ3n) is 12.8. The topological polar surface area (TPSA) is 45.1 Å². The van der Waals surface area contributed by atoms with Gasteiger partial charge in [-0.3, -0.25) is 4.57 Å². The molecule has 0 N–H and O–H groups in total. The van der Waals surface area contributed by atoms with Crippen molar-refractivity contribution in [1.29, 1.82) is 0 Å². The monoisotopic (exact) mass is 796 g/mol. The van der Waals surface area contributed by atoms with Gasteiger partial charge >= 0.3 is 0 Å². The van der Waals surface area contributed by atoms with Crippen LogP contribution in [-0.4, -0.2) is 14.1 Å². The zero-order chi connectivity index (χ0) is 40.9. The van der Waals surface area contributed by atoms with Crippen LogP contribution in [0.2, 0.25) is 0 Å². The summed E-state index contributed by atoms with van der Waals surface area (Å²) in [7, 11) is 2.08. The van der Waals surface area contributed by atoms with Crippen molar-refractivity contribution in [2.75, 3.05) is 0 Å². The fraction of sp³-hybridized carbons (Fsp3) is 0.0357. The number of fused-ring (bicyclic) bond motifs is 11. The highest BCUT2D eigenvalue weighted by molar-refractivity contribution is 6.09. The number of ether oxygens (including phenoxy) is 2. The summed E-state index contributed by atoms with van der Waals surface area (Å²) in [4.78, 5) is 4.75. The predicted octanol–water partition coefficient (Wildman–Crippen LogP) is 12.7. The number of hydrogen-bond donors (Lipinski definition) is 0. The molecular weight excluding hydrogens is 761 g/mol. The maximum atomic E-state index is 7.08. The largest absolute Gasteiger partial charge is 0.458 e. The van der Waals surface area contributed by atoms with E-state index in [4.69, 9.17) is 14.5 Å². The average Bonchev–Trinajstić information content (AvgIpc) is 3.85. The maximum absolute atomic E-state index is 7.08. The Labute approximate surface area is 357 Å².